The summed E-state index contributed by atoms with van der Waals surface area (Å²) in [6, 6.07) is 0. The molecule has 0 aromatic heterocycles. The molecule has 2 unspecified atom stereocenters. The second-order valence-corrected chi connectivity index (χ2v) is 5.16. The standard InChI is InChI=1S/C12H24N2O2/c1-12(8-10-3-6-14-7-4-10)15-9-11(16-12)2-5-13/h10-11,14H,2-9,13H2,1H3. The molecule has 2 rings (SSSR count). The molecule has 4 heteroatoms. The zero-order valence-electron chi connectivity index (χ0n) is 10.2. The Labute approximate surface area is 97.9 Å². The lowest BCUT2D eigenvalue weighted by Gasteiger charge is -2.30. The first-order valence-corrected chi connectivity index (χ1v) is 6.44. The van der Waals surface area contributed by atoms with E-state index >= 15 is 0 Å². The summed E-state index contributed by atoms with van der Waals surface area (Å²) in [4.78, 5) is 0. The summed E-state index contributed by atoms with van der Waals surface area (Å²) in [7, 11) is 0. The minimum Gasteiger partial charge on any atom is -0.348 e. The maximum atomic E-state index is 5.97. The van der Waals surface area contributed by atoms with Crippen molar-refractivity contribution in [2.75, 3.05) is 26.2 Å². The maximum Gasteiger partial charge on any atom is 0.166 e. The molecular weight excluding hydrogens is 204 g/mol. The Morgan fingerprint density at radius 2 is 2.12 bits per heavy atom. The molecule has 0 aromatic carbocycles. The average Bonchev–Trinajstić information content (AvgIpc) is 2.62. The van der Waals surface area contributed by atoms with Crippen LogP contribution in [0.25, 0.3) is 0 Å². The van der Waals surface area contributed by atoms with E-state index in [-0.39, 0.29) is 11.9 Å². The molecule has 0 aromatic rings. The van der Waals surface area contributed by atoms with Crippen LogP contribution in [0, 0.1) is 5.92 Å². The lowest BCUT2D eigenvalue weighted by molar-refractivity contribution is -0.167. The van der Waals surface area contributed by atoms with Gasteiger partial charge in [0.25, 0.3) is 0 Å². The molecule has 2 aliphatic heterocycles. The van der Waals surface area contributed by atoms with Gasteiger partial charge in [0.2, 0.25) is 0 Å². The van der Waals surface area contributed by atoms with E-state index in [4.69, 9.17) is 15.2 Å². The van der Waals surface area contributed by atoms with E-state index in [1.165, 1.54) is 12.8 Å². The molecule has 94 valence electrons. The zero-order chi connectivity index (χ0) is 11.4. The van der Waals surface area contributed by atoms with Gasteiger partial charge in [-0.05, 0) is 51.7 Å². The van der Waals surface area contributed by atoms with Gasteiger partial charge < -0.3 is 20.5 Å². The fraction of sp³-hybridized carbons (Fsp3) is 1.00. The van der Waals surface area contributed by atoms with Gasteiger partial charge in [0.1, 0.15) is 0 Å². The maximum absolute atomic E-state index is 5.97. The largest absolute Gasteiger partial charge is 0.348 e. The predicted molar refractivity (Wildman–Crippen MR) is 63.1 cm³/mol. The summed E-state index contributed by atoms with van der Waals surface area (Å²) in [6.07, 6.45) is 4.61. The molecule has 0 bridgehead atoms. The fourth-order valence-corrected chi connectivity index (χ4v) is 2.74. The van der Waals surface area contributed by atoms with Crippen LogP contribution < -0.4 is 11.1 Å². The Morgan fingerprint density at radius 3 is 2.81 bits per heavy atom. The van der Waals surface area contributed by atoms with Crippen molar-refractivity contribution in [1.82, 2.24) is 5.32 Å². The van der Waals surface area contributed by atoms with Crippen LogP contribution in [0.2, 0.25) is 0 Å². The first kappa shape index (κ1) is 12.3. The summed E-state index contributed by atoms with van der Waals surface area (Å²) in [5.41, 5.74) is 5.54. The van der Waals surface area contributed by atoms with E-state index in [2.05, 4.69) is 12.2 Å². The van der Waals surface area contributed by atoms with E-state index < -0.39 is 0 Å². The third-order valence-corrected chi connectivity index (χ3v) is 3.60. The third kappa shape index (κ3) is 3.17. The molecule has 2 fully saturated rings. The summed E-state index contributed by atoms with van der Waals surface area (Å²) in [5.74, 6) is 0.379. The molecule has 2 heterocycles. The van der Waals surface area contributed by atoms with Gasteiger partial charge in [-0.15, -0.1) is 0 Å². The highest BCUT2D eigenvalue weighted by atomic mass is 16.7. The molecule has 2 atom stereocenters. The topological polar surface area (TPSA) is 56.5 Å². The number of nitrogens with one attached hydrogen (secondary N) is 1. The van der Waals surface area contributed by atoms with Crippen molar-refractivity contribution in [2.45, 2.75) is 44.5 Å². The van der Waals surface area contributed by atoms with E-state index in [1.54, 1.807) is 0 Å². The second kappa shape index (κ2) is 5.45. The molecule has 16 heavy (non-hydrogen) atoms. The molecule has 4 nitrogen and oxygen atoms in total. The molecule has 0 amide bonds. The van der Waals surface area contributed by atoms with Crippen LogP contribution >= 0.6 is 0 Å². The molecule has 3 N–H and O–H groups in total. The Kier molecular flexibility index (Phi) is 4.19. The van der Waals surface area contributed by atoms with Gasteiger partial charge in [0, 0.05) is 6.42 Å². The number of ether oxygens (including phenoxy) is 2. The number of nitrogens with two attached hydrogens (primary N) is 1. The van der Waals surface area contributed by atoms with Gasteiger partial charge in [0.05, 0.1) is 12.7 Å². The van der Waals surface area contributed by atoms with E-state index in [0.717, 1.165) is 31.8 Å². The smallest absolute Gasteiger partial charge is 0.166 e. The molecule has 0 aliphatic carbocycles. The van der Waals surface area contributed by atoms with Crippen LogP contribution in [0.5, 0.6) is 0 Å². The number of hydrogen-bond donors (Lipinski definition) is 2. The molecule has 2 saturated heterocycles. The number of piperidine rings is 1. The molecular formula is C12H24N2O2. The van der Waals surface area contributed by atoms with Crippen molar-refractivity contribution in [1.29, 1.82) is 0 Å². The average molecular weight is 228 g/mol. The van der Waals surface area contributed by atoms with Crippen LogP contribution in [0.15, 0.2) is 0 Å². The summed E-state index contributed by atoms with van der Waals surface area (Å²) in [5, 5.41) is 3.38. The highest BCUT2D eigenvalue weighted by Crippen LogP contribution is 2.33. The molecule has 0 radical (unpaired) electrons. The molecule has 2 aliphatic rings. The SMILES string of the molecule is CC1(CC2CCNCC2)OCC(CCN)O1. The van der Waals surface area contributed by atoms with Gasteiger partial charge in [-0.2, -0.15) is 0 Å². The van der Waals surface area contributed by atoms with Crippen molar-refractivity contribution in [3.05, 3.63) is 0 Å². The summed E-state index contributed by atoms with van der Waals surface area (Å²) in [6.45, 7) is 5.72. The third-order valence-electron chi connectivity index (χ3n) is 3.60. The van der Waals surface area contributed by atoms with Crippen molar-refractivity contribution in [3.8, 4) is 0 Å². The molecule has 0 saturated carbocycles. The highest BCUT2D eigenvalue weighted by Gasteiger charge is 2.38. The van der Waals surface area contributed by atoms with Crippen molar-refractivity contribution in [3.63, 3.8) is 0 Å². The normalized spacial score (nSPS) is 36.8. The van der Waals surface area contributed by atoms with Gasteiger partial charge in [-0.25, -0.2) is 0 Å². The second-order valence-electron chi connectivity index (χ2n) is 5.16. The number of rotatable bonds is 4. The monoisotopic (exact) mass is 228 g/mol. The zero-order valence-corrected chi connectivity index (χ0v) is 10.2. The van der Waals surface area contributed by atoms with E-state index in [9.17, 15) is 0 Å². The fourth-order valence-electron chi connectivity index (χ4n) is 2.74. The first-order chi connectivity index (χ1) is 7.72. The van der Waals surface area contributed by atoms with Crippen molar-refractivity contribution < 1.29 is 9.47 Å². The lowest BCUT2D eigenvalue weighted by Crippen LogP contribution is -2.35. The van der Waals surface area contributed by atoms with Crippen LogP contribution in [-0.2, 0) is 9.47 Å². The highest BCUT2D eigenvalue weighted by molar-refractivity contribution is 4.80. The quantitative estimate of drug-likeness (QED) is 0.749. The summed E-state index contributed by atoms with van der Waals surface area (Å²) < 4.78 is 11.8. The minimum absolute atomic E-state index is 0.205. The number of hydrogen-bond acceptors (Lipinski definition) is 4. The van der Waals surface area contributed by atoms with Crippen molar-refractivity contribution in [2.24, 2.45) is 11.7 Å². The summed E-state index contributed by atoms with van der Waals surface area (Å²) >= 11 is 0. The van der Waals surface area contributed by atoms with Crippen LogP contribution in [0.1, 0.15) is 32.6 Å². The Hall–Kier alpha value is -0.160. The van der Waals surface area contributed by atoms with Crippen LogP contribution in [0.3, 0.4) is 0 Å². The minimum atomic E-state index is -0.359. The lowest BCUT2D eigenvalue weighted by atomic mass is 9.91. The van der Waals surface area contributed by atoms with Crippen LogP contribution in [0.4, 0.5) is 0 Å². The van der Waals surface area contributed by atoms with Gasteiger partial charge in [-0.3, -0.25) is 0 Å². The van der Waals surface area contributed by atoms with Gasteiger partial charge in [0.15, 0.2) is 5.79 Å². The van der Waals surface area contributed by atoms with E-state index in [0.29, 0.717) is 13.2 Å². The Bertz CT molecular complexity index is 219. The van der Waals surface area contributed by atoms with Crippen molar-refractivity contribution >= 4 is 0 Å². The predicted octanol–water partition coefficient (Wildman–Crippen LogP) is 0.857. The molecule has 0 spiro atoms. The Morgan fingerprint density at radius 1 is 1.38 bits per heavy atom. The van der Waals surface area contributed by atoms with Gasteiger partial charge in [-0.1, -0.05) is 0 Å². The van der Waals surface area contributed by atoms with Crippen LogP contribution in [-0.4, -0.2) is 38.1 Å². The van der Waals surface area contributed by atoms with Gasteiger partial charge >= 0.3 is 0 Å². The first-order valence-electron chi connectivity index (χ1n) is 6.44. The Balaban J connectivity index is 1.79. The van der Waals surface area contributed by atoms with E-state index in [1.807, 2.05) is 0 Å².